The van der Waals surface area contributed by atoms with E-state index in [1.807, 2.05) is 48.5 Å². The van der Waals surface area contributed by atoms with Gasteiger partial charge in [0.2, 0.25) is 0 Å². The molecule has 0 aromatic heterocycles. The fourth-order valence-electron chi connectivity index (χ4n) is 4.74. The van der Waals surface area contributed by atoms with E-state index in [1.54, 1.807) is 18.9 Å². The number of hydrogen-bond acceptors (Lipinski definition) is 7. The topological polar surface area (TPSA) is 88.9 Å². The van der Waals surface area contributed by atoms with E-state index in [0.717, 1.165) is 49.7 Å². The number of rotatable bonds is 8. The van der Waals surface area contributed by atoms with Crippen LogP contribution in [0.3, 0.4) is 0 Å². The van der Waals surface area contributed by atoms with Gasteiger partial charge in [-0.05, 0) is 37.6 Å². The summed E-state index contributed by atoms with van der Waals surface area (Å²) < 4.78 is 5.49. The standard InChI is InChI=1S/C26H33N5O4/c1-20-24(27-34)25(32)30(26(33)31(20)19-21-9-4-3-5-10-21)14-8-13-28-15-17-29(18-16-28)22-11-6-7-12-23(22)35-2/h3-7,9-12,20,34H,8,13-19H2,1-2H3. The van der Waals surface area contributed by atoms with E-state index in [4.69, 9.17) is 4.74 Å². The molecule has 4 rings (SSSR count). The minimum absolute atomic E-state index is 0.00838. The van der Waals surface area contributed by atoms with Crippen molar-refractivity contribution in [2.24, 2.45) is 5.16 Å². The van der Waals surface area contributed by atoms with E-state index >= 15 is 0 Å². The number of piperazine rings is 1. The molecule has 2 aromatic rings. The van der Waals surface area contributed by atoms with Crippen molar-refractivity contribution >= 4 is 23.3 Å². The van der Waals surface area contributed by atoms with E-state index < -0.39 is 11.9 Å². The fraction of sp³-hybridized carbons (Fsp3) is 0.423. The Morgan fingerprint density at radius 3 is 2.34 bits per heavy atom. The molecule has 3 amide bonds. The molecule has 186 valence electrons. The third-order valence-corrected chi connectivity index (χ3v) is 6.76. The van der Waals surface area contributed by atoms with Crippen LogP contribution in [0.25, 0.3) is 0 Å². The number of methoxy groups -OCH3 is 1. The minimum atomic E-state index is -0.598. The van der Waals surface area contributed by atoms with E-state index in [0.29, 0.717) is 13.0 Å². The van der Waals surface area contributed by atoms with E-state index in [1.165, 1.54) is 4.90 Å². The van der Waals surface area contributed by atoms with Gasteiger partial charge in [0.1, 0.15) is 5.75 Å². The van der Waals surface area contributed by atoms with Crippen molar-refractivity contribution in [1.82, 2.24) is 14.7 Å². The number of carbonyl (C=O) groups is 2. The SMILES string of the molecule is COc1ccccc1N1CCN(CCCN2C(=O)C(=NO)C(C)N(Cc3ccccc3)C2=O)CC1. The molecule has 1 unspecified atom stereocenters. The van der Waals surface area contributed by atoms with Crippen LogP contribution in [0.4, 0.5) is 10.5 Å². The number of anilines is 1. The highest BCUT2D eigenvalue weighted by molar-refractivity contribution is 6.44. The number of para-hydroxylation sites is 2. The smallest absolute Gasteiger partial charge is 0.327 e. The van der Waals surface area contributed by atoms with Gasteiger partial charge in [-0.2, -0.15) is 0 Å². The molecule has 9 nitrogen and oxygen atoms in total. The molecule has 1 N–H and O–H groups in total. The number of urea groups is 1. The number of hydrogen-bond donors (Lipinski definition) is 1. The summed E-state index contributed by atoms with van der Waals surface area (Å²) >= 11 is 0. The Balaban J connectivity index is 1.33. The molecule has 2 aliphatic heterocycles. The molecule has 0 bridgehead atoms. The van der Waals surface area contributed by atoms with Gasteiger partial charge in [-0.3, -0.25) is 14.6 Å². The Morgan fingerprint density at radius 2 is 1.66 bits per heavy atom. The predicted octanol–water partition coefficient (Wildman–Crippen LogP) is 2.89. The van der Waals surface area contributed by atoms with E-state index in [9.17, 15) is 14.8 Å². The maximum Gasteiger partial charge on any atom is 0.327 e. The number of benzene rings is 2. The molecule has 2 aliphatic rings. The van der Waals surface area contributed by atoms with Gasteiger partial charge >= 0.3 is 6.03 Å². The van der Waals surface area contributed by atoms with Crippen LogP contribution in [0.1, 0.15) is 18.9 Å². The third-order valence-electron chi connectivity index (χ3n) is 6.76. The summed E-state index contributed by atoms with van der Waals surface area (Å²) in [6.45, 7) is 6.65. The normalized spacial score (nSPS) is 20.6. The van der Waals surface area contributed by atoms with Crippen LogP contribution < -0.4 is 9.64 Å². The first-order valence-electron chi connectivity index (χ1n) is 12.0. The Hall–Kier alpha value is -3.59. The molecule has 0 spiro atoms. The first kappa shape index (κ1) is 24.5. The van der Waals surface area contributed by atoms with Crippen LogP contribution in [-0.4, -0.2) is 90.0 Å². The number of nitrogens with zero attached hydrogens (tertiary/aromatic N) is 5. The van der Waals surface area contributed by atoms with Crippen LogP contribution in [-0.2, 0) is 11.3 Å². The van der Waals surface area contributed by atoms with Gasteiger partial charge in [0, 0.05) is 39.3 Å². The molecule has 1 atom stereocenters. The van der Waals surface area contributed by atoms with Gasteiger partial charge in [0.05, 0.1) is 18.8 Å². The predicted molar refractivity (Wildman–Crippen MR) is 134 cm³/mol. The fourth-order valence-corrected chi connectivity index (χ4v) is 4.74. The zero-order valence-electron chi connectivity index (χ0n) is 20.3. The number of oxime groups is 1. The Kier molecular flexibility index (Phi) is 7.87. The second-order valence-electron chi connectivity index (χ2n) is 8.87. The molecule has 2 aromatic carbocycles. The lowest BCUT2D eigenvalue weighted by molar-refractivity contribution is -0.123. The third kappa shape index (κ3) is 5.40. The first-order chi connectivity index (χ1) is 17.0. The zero-order valence-corrected chi connectivity index (χ0v) is 20.3. The van der Waals surface area contributed by atoms with Crippen LogP contribution in [0, 0.1) is 0 Å². The highest BCUT2D eigenvalue weighted by atomic mass is 16.5. The molecule has 0 radical (unpaired) electrons. The molecule has 2 fully saturated rings. The average Bonchev–Trinajstić information content (AvgIpc) is 2.90. The van der Waals surface area contributed by atoms with Crippen molar-refractivity contribution in [1.29, 1.82) is 0 Å². The summed E-state index contributed by atoms with van der Waals surface area (Å²) in [6, 6.07) is 16.7. The van der Waals surface area contributed by atoms with Gasteiger partial charge in [-0.25, -0.2) is 4.79 Å². The molecule has 0 saturated carbocycles. The Labute approximate surface area is 206 Å². The van der Waals surface area contributed by atoms with Crippen molar-refractivity contribution in [3.63, 3.8) is 0 Å². The van der Waals surface area contributed by atoms with Crippen molar-refractivity contribution in [2.45, 2.75) is 25.9 Å². The van der Waals surface area contributed by atoms with Crippen LogP contribution >= 0.6 is 0 Å². The van der Waals surface area contributed by atoms with E-state index in [-0.39, 0.29) is 18.3 Å². The lowest BCUT2D eigenvalue weighted by Crippen LogP contribution is -2.61. The molecular formula is C26H33N5O4. The minimum Gasteiger partial charge on any atom is -0.495 e. The van der Waals surface area contributed by atoms with Crippen molar-refractivity contribution < 1.29 is 19.5 Å². The lowest BCUT2D eigenvalue weighted by atomic mass is 10.1. The number of amides is 3. The van der Waals surface area contributed by atoms with Crippen molar-refractivity contribution in [2.75, 3.05) is 51.3 Å². The second kappa shape index (κ2) is 11.2. The molecule has 2 saturated heterocycles. The van der Waals surface area contributed by atoms with Crippen LogP contribution in [0.15, 0.2) is 59.8 Å². The quantitative estimate of drug-likeness (QED) is 0.463. The zero-order chi connectivity index (χ0) is 24.8. The largest absolute Gasteiger partial charge is 0.495 e. The Morgan fingerprint density at radius 1 is 0.971 bits per heavy atom. The Bertz CT molecular complexity index is 1050. The van der Waals surface area contributed by atoms with Crippen LogP contribution in [0.5, 0.6) is 5.75 Å². The lowest BCUT2D eigenvalue weighted by Gasteiger charge is -2.39. The number of ether oxygens (including phenoxy) is 1. The van der Waals surface area contributed by atoms with Gasteiger partial charge in [-0.15, -0.1) is 0 Å². The maximum atomic E-state index is 13.2. The number of carbonyl (C=O) groups excluding carboxylic acids is 2. The molecule has 35 heavy (non-hydrogen) atoms. The summed E-state index contributed by atoms with van der Waals surface area (Å²) in [6.07, 6.45) is 0.651. The van der Waals surface area contributed by atoms with Gasteiger partial charge in [-0.1, -0.05) is 47.6 Å². The van der Waals surface area contributed by atoms with Crippen molar-refractivity contribution in [3.8, 4) is 5.75 Å². The monoisotopic (exact) mass is 479 g/mol. The van der Waals surface area contributed by atoms with Gasteiger partial charge in [0.25, 0.3) is 5.91 Å². The number of imide groups is 1. The molecule has 9 heteroatoms. The highest BCUT2D eigenvalue weighted by Gasteiger charge is 2.42. The maximum absolute atomic E-state index is 13.2. The van der Waals surface area contributed by atoms with E-state index in [2.05, 4.69) is 21.0 Å². The molecule has 2 heterocycles. The second-order valence-corrected chi connectivity index (χ2v) is 8.87. The summed E-state index contributed by atoms with van der Waals surface area (Å²) in [5, 5.41) is 12.7. The summed E-state index contributed by atoms with van der Waals surface area (Å²) in [5.41, 5.74) is 2.04. The summed E-state index contributed by atoms with van der Waals surface area (Å²) in [7, 11) is 1.69. The molecular weight excluding hydrogens is 446 g/mol. The van der Waals surface area contributed by atoms with Crippen LogP contribution in [0.2, 0.25) is 0 Å². The highest BCUT2D eigenvalue weighted by Crippen LogP contribution is 2.28. The average molecular weight is 480 g/mol. The summed E-state index contributed by atoms with van der Waals surface area (Å²) in [4.78, 5) is 33.5. The van der Waals surface area contributed by atoms with Gasteiger partial charge in [0.15, 0.2) is 5.71 Å². The first-order valence-corrected chi connectivity index (χ1v) is 12.0. The molecule has 0 aliphatic carbocycles. The van der Waals surface area contributed by atoms with Crippen molar-refractivity contribution in [3.05, 3.63) is 60.2 Å². The van der Waals surface area contributed by atoms with Gasteiger partial charge < -0.3 is 19.7 Å². The summed E-state index contributed by atoms with van der Waals surface area (Å²) in [5.74, 6) is 0.356.